The Hall–Kier alpha value is -1.11. The standard InChI is InChI=1S/C13H23NO5S/c1-9(2)7-12(15)14(10(3)13(16)19-4)11-5-6-20(17,18)8-11/h9-11H,5-8H2,1-4H3/t10-,11-/m1/s1. The third kappa shape index (κ3) is 4.19. The highest BCUT2D eigenvalue weighted by molar-refractivity contribution is 7.91. The molecule has 1 saturated heterocycles. The summed E-state index contributed by atoms with van der Waals surface area (Å²) in [5.74, 6) is -0.575. The van der Waals surface area contributed by atoms with E-state index >= 15 is 0 Å². The van der Waals surface area contributed by atoms with Crippen LogP contribution in [0.1, 0.15) is 33.6 Å². The first-order chi connectivity index (χ1) is 9.18. The molecule has 7 heteroatoms. The Morgan fingerprint density at radius 3 is 2.30 bits per heavy atom. The van der Waals surface area contributed by atoms with Crippen molar-refractivity contribution in [1.29, 1.82) is 0 Å². The average molecular weight is 305 g/mol. The number of carbonyl (C=O) groups is 2. The van der Waals surface area contributed by atoms with Crippen LogP contribution in [0.15, 0.2) is 0 Å². The zero-order valence-electron chi connectivity index (χ0n) is 12.5. The summed E-state index contributed by atoms with van der Waals surface area (Å²) in [6.45, 7) is 5.39. The van der Waals surface area contributed by atoms with E-state index in [0.717, 1.165) is 0 Å². The van der Waals surface area contributed by atoms with Crippen LogP contribution >= 0.6 is 0 Å². The van der Waals surface area contributed by atoms with E-state index < -0.39 is 27.9 Å². The van der Waals surface area contributed by atoms with Gasteiger partial charge in [-0.1, -0.05) is 13.8 Å². The number of nitrogens with zero attached hydrogens (tertiary/aromatic N) is 1. The number of amides is 1. The molecule has 1 amide bonds. The summed E-state index contributed by atoms with van der Waals surface area (Å²) in [6, 6.07) is -1.19. The summed E-state index contributed by atoms with van der Waals surface area (Å²) in [7, 11) is -1.86. The Morgan fingerprint density at radius 2 is 1.90 bits per heavy atom. The molecular weight excluding hydrogens is 282 g/mol. The van der Waals surface area contributed by atoms with Gasteiger partial charge in [-0.2, -0.15) is 0 Å². The van der Waals surface area contributed by atoms with E-state index in [4.69, 9.17) is 0 Å². The van der Waals surface area contributed by atoms with Gasteiger partial charge in [0.2, 0.25) is 5.91 Å². The zero-order valence-corrected chi connectivity index (χ0v) is 13.3. The molecule has 0 aromatic carbocycles. The van der Waals surface area contributed by atoms with Gasteiger partial charge in [0.25, 0.3) is 0 Å². The topological polar surface area (TPSA) is 80.8 Å². The molecule has 1 rings (SSSR count). The van der Waals surface area contributed by atoms with Crippen molar-refractivity contribution >= 4 is 21.7 Å². The summed E-state index contributed by atoms with van der Waals surface area (Å²) in [6.07, 6.45) is 0.672. The van der Waals surface area contributed by atoms with Crippen LogP contribution in [0, 0.1) is 5.92 Å². The molecule has 0 bridgehead atoms. The Bertz CT molecular complexity index is 471. The average Bonchev–Trinajstić information content (AvgIpc) is 2.67. The molecule has 0 spiro atoms. The minimum absolute atomic E-state index is 0.0665. The lowest BCUT2D eigenvalue weighted by Crippen LogP contribution is -2.50. The maximum absolute atomic E-state index is 12.3. The molecule has 1 aliphatic heterocycles. The van der Waals surface area contributed by atoms with Crippen molar-refractivity contribution in [3.8, 4) is 0 Å². The van der Waals surface area contributed by atoms with E-state index in [2.05, 4.69) is 4.74 Å². The van der Waals surface area contributed by atoms with Gasteiger partial charge in [-0.25, -0.2) is 13.2 Å². The monoisotopic (exact) mass is 305 g/mol. The fourth-order valence-electron chi connectivity index (χ4n) is 2.47. The van der Waals surface area contributed by atoms with Crippen molar-refractivity contribution in [1.82, 2.24) is 4.90 Å². The molecule has 0 N–H and O–H groups in total. The molecule has 0 aromatic rings. The van der Waals surface area contributed by atoms with Crippen molar-refractivity contribution in [2.75, 3.05) is 18.6 Å². The quantitative estimate of drug-likeness (QED) is 0.695. The fourth-order valence-corrected chi connectivity index (χ4v) is 4.18. The molecule has 0 radical (unpaired) electrons. The first kappa shape index (κ1) is 16.9. The number of esters is 1. The van der Waals surface area contributed by atoms with E-state index in [1.54, 1.807) is 6.92 Å². The normalized spacial score (nSPS) is 22.6. The lowest BCUT2D eigenvalue weighted by molar-refractivity contribution is -0.154. The lowest BCUT2D eigenvalue weighted by atomic mass is 10.1. The van der Waals surface area contributed by atoms with E-state index in [1.165, 1.54) is 12.0 Å². The van der Waals surface area contributed by atoms with E-state index in [0.29, 0.717) is 6.42 Å². The summed E-state index contributed by atoms with van der Waals surface area (Å²) in [5, 5.41) is 0. The number of hydrogen-bond donors (Lipinski definition) is 0. The zero-order chi connectivity index (χ0) is 15.5. The summed E-state index contributed by atoms with van der Waals surface area (Å²) in [5.41, 5.74) is 0. The number of rotatable bonds is 5. The second-order valence-electron chi connectivity index (χ2n) is 5.65. The van der Waals surface area contributed by atoms with Gasteiger partial charge in [0, 0.05) is 12.5 Å². The van der Waals surface area contributed by atoms with Crippen LogP contribution in [0.3, 0.4) is 0 Å². The third-order valence-corrected chi connectivity index (χ3v) is 5.18. The van der Waals surface area contributed by atoms with Gasteiger partial charge in [-0.05, 0) is 19.3 Å². The van der Waals surface area contributed by atoms with Crippen molar-refractivity contribution in [2.24, 2.45) is 5.92 Å². The van der Waals surface area contributed by atoms with Crippen LogP contribution in [0.2, 0.25) is 0 Å². The van der Waals surface area contributed by atoms with Crippen LogP contribution < -0.4 is 0 Å². The molecule has 0 saturated carbocycles. The molecule has 1 heterocycles. The minimum atomic E-state index is -3.11. The summed E-state index contributed by atoms with van der Waals surface area (Å²) in [4.78, 5) is 25.4. The molecule has 6 nitrogen and oxygen atoms in total. The largest absolute Gasteiger partial charge is 0.467 e. The Labute approximate surface area is 120 Å². The molecule has 0 aliphatic carbocycles. The van der Waals surface area contributed by atoms with Crippen molar-refractivity contribution in [2.45, 2.75) is 45.7 Å². The molecule has 0 unspecified atom stereocenters. The third-order valence-electron chi connectivity index (χ3n) is 3.43. The highest BCUT2D eigenvalue weighted by Gasteiger charge is 2.39. The maximum Gasteiger partial charge on any atom is 0.328 e. The molecule has 20 heavy (non-hydrogen) atoms. The van der Waals surface area contributed by atoms with Gasteiger partial charge in [0.1, 0.15) is 6.04 Å². The van der Waals surface area contributed by atoms with Crippen molar-refractivity contribution < 1.29 is 22.7 Å². The van der Waals surface area contributed by atoms with Gasteiger partial charge >= 0.3 is 5.97 Å². The second kappa shape index (κ2) is 6.56. The van der Waals surface area contributed by atoms with Gasteiger partial charge in [0.05, 0.1) is 18.6 Å². The lowest BCUT2D eigenvalue weighted by Gasteiger charge is -2.33. The smallest absolute Gasteiger partial charge is 0.328 e. The molecule has 0 aromatic heterocycles. The summed E-state index contributed by atoms with van der Waals surface area (Å²) >= 11 is 0. The number of carbonyl (C=O) groups excluding carboxylic acids is 2. The van der Waals surface area contributed by atoms with E-state index in [1.807, 2.05) is 13.8 Å². The van der Waals surface area contributed by atoms with Gasteiger partial charge in [-0.15, -0.1) is 0 Å². The fraction of sp³-hybridized carbons (Fsp3) is 0.846. The number of methoxy groups -OCH3 is 1. The maximum atomic E-state index is 12.3. The van der Waals surface area contributed by atoms with E-state index in [9.17, 15) is 18.0 Å². The van der Waals surface area contributed by atoms with Gasteiger partial charge < -0.3 is 9.64 Å². The first-order valence-electron chi connectivity index (χ1n) is 6.77. The van der Waals surface area contributed by atoms with Crippen LogP contribution in [-0.4, -0.2) is 55.9 Å². The predicted molar refractivity (Wildman–Crippen MR) is 74.8 cm³/mol. The van der Waals surface area contributed by atoms with Crippen LogP contribution in [-0.2, 0) is 24.2 Å². The Kier molecular flexibility index (Phi) is 5.56. The molecular formula is C13H23NO5S. The van der Waals surface area contributed by atoms with E-state index in [-0.39, 0.29) is 29.8 Å². The van der Waals surface area contributed by atoms with Gasteiger partial charge in [0.15, 0.2) is 9.84 Å². The Balaban J connectivity index is 2.96. The number of hydrogen-bond acceptors (Lipinski definition) is 5. The Morgan fingerprint density at radius 1 is 1.30 bits per heavy atom. The second-order valence-corrected chi connectivity index (χ2v) is 7.88. The van der Waals surface area contributed by atoms with Crippen molar-refractivity contribution in [3.63, 3.8) is 0 Å². The van der Waals surface area contributed by atoms with Crippen LogP contribution in [0.5, 0.6) is 0 Å². The highest BCUT2D eigenvalue weighted by Crippen LogP contribution is 2.22. The minimum Gasteiger partial charge on any atom is -0.467 e. The molecule has 1 aliphatic rings. The number of ether oxygens (including phenoxy) is 1. The molecule has 116 valence electrons. The first-order valence-corrected chi connectivity index (χ1v) is 8.59. The van der Waals surface area contributed by atoms with Gasteiger partial charge in [-0.3, -0.25) is 4.79 Å². The molecule has 2 atom stereocenters. The summed E-state index contributed by atoms with van der Waals surface area (Å²) < 4.78 is 27.9. The van der Waals surface area contributed by atoms with Crippen LogP contribution in [0.4, 0.5) is 0 Å². The molecule has 1 fully saturated rings. The SMILES string of the molecule is COC(=O)[C@@H](C)N(C(=O)CC(C)C)[C@@H]1CCS(=O)(=O)C1. The van der Waals surface area contributed by atoms with Crippen molar-refractivity contribution in [3.05, 3.63) is 0 Å². The highest BCUT2D eigenvalue weighted by atomic mass is 32.2. The predicted octanol–water partition coefficient (Wildman–Crippen LogP) is 0.610. The van der Waals surface area contributed by atoms with Crippen LogP contribution in [0.25, 0.3) is 0 Å². The number of sulfone groups is 1.